The van der Waals surface area contributed by atoms with Crippen molar-refractivity contribution in [3.63, 3.8) is 0 Å². The van der Waals surface area contributed by atoms with Crippen molar-refractivity contribution in [1.29, 1.82) is 0 Å². The van der Waals surface area contributed by atoms with Gasteiger partial charge in [0.1, 0.15) is 0 Å². The molecule has 1 aromatic rings. The minimum atomic E-state index is 0.638. The molecule has 1 saturated carbocycles. The lowest BCUT2D eigenvalue weighted by Gasteiger charge is -2.07. The third kappa shape index (κ3) is 3.60. The quantitative estimate of drug-likeness (QED) is 0.512. The van der Waals surface area contributed by atoms with Crippen molar-refractivity contribution < 1.29 is 0 Å². The third-order valence-corrected chi connectivity index (χ3v) is 4.14. The molecule has 0 radical (unpaired) electrons. The molecule has 2 aliphatic carbocycles. The third-order valence-electron chi connectivity index (χ3n) is 3.40. The van der Waals surface area contributed by atoms with E-state index in [1.165, 1.54) is 30.2 Å². The van der Waals surface area contributed by atoms with E-state index < -0.39 is 0 Å². The van der Waals surface area contributed by atoms with E-state index in [9.17, 15) is 0 Å². The standard InChI is InChI=1S/C11H11Br.3C2H6/c12-10-3-1-2-9-8(10)4-5-11(9)6-7-11;3*1-2/h1-3H,4-7H2;3*1-2H3. The highest BCUT2D eigenvalue weighted by atomic mass is 79.9. The first-order chi connectivity index (χ1) is 8.82. The van der Waals surface area contributed by atoms with E-state index >= 15 is 0 Å². The lowest BCUT2D eigenvalue weighted by Crippen LogP contribution is -1.98. The van der Waals surface area contributed by atoms with Crippen molar-refractivity contribution in [3.05, 3.63) is 33.8 Å². The Morgan fingerprint density at radius 3 is 1.94 bits per heavy atom. The first-order valence-electron chi connectivity index (χ1n) is 7.60. The lowest BCUT2D eigenvalue weighted by atomic mass is 9.99. The van der Waals surface area contributed by atoms with Crippen LogP contribution in [0.15, 0.2) is 22.7 Å². The number of fused-ring (bicyclic) bond motifs is 2. The van der Waals surface area contributed by atoms with Gasteiger partial charge in [-0.2, -0.15) is 0 Å². The summed E-state index contributed by atoms with van der Waals surface area (Å²) < 4.78 is 1.32. The van der Waals surface area contributed by atoms with Gasteiger partial charge in [0.15, 0.2) is 0 Å². The van der Waals surface area contributed by atoms with Gasteiger partial charge in [0.05, 0.1) is 0 Å². The van der Waals surface area contributed by atoms with Crippen LogP contribution in [0, 0.1) is 0 Å². The van der Waals surface area contributed by atoms with E-state index in [0.29, 0.717) is 5.41 Å². The van der Waals surface area contributed by atoms with Crippen LogP contribution < -0.4 is 0 Å². The Balaban J connectivity index is 0.000000429. The molecule has 18 heavy (non-hydrogen) atoms. The summed E-state index contributed by atoms with van der Waals surface area (Å²) in [5, 5.41) is 0. The SMILES string of the molecule is Brc1cccc2c1CCC21CC1.CC.CC.CC. The zero-order valence-electron chi connectivity index (χ0n) is 12.9. The summed E-state index contributed by atoms with van der Waals surface area (Å²) in [4.78, 5) is 0. The van der Waals surface area contributed by atoms with Crippen molar-refractivity contribution in [1.82, 2.24) is 0 Å². The molecule has 1 spiro atoms. The molecular weight excluding hydrogens is 284 g/mol. The van der Waals surface area contributed by atoms with Crippen molar-refractivity contribution in [2.75, 3.05) is 0 Å². The molecule has 0 nitrogen and oxygen atoms in total. The average molecular weight is 313 g/mol. The number of hydrogen-bond donors (Lipinski definition) is 0. The smallest absolute Gasteiger partial charge is 0.0210 e. The van der Waals surface area contributed by atoms with Gasteiger partial charge in [0.25, 0.3) is 0 Å². The van der Waals surface area contributed by atoms with Gasteiger partial charge in [-0.25, -0.2) is 0 Å². The molecule has 104 valence electrons. The summed E-state index contributed by atoms with van der Waals surface area (Å²) >= 11 is 3.63. The van der Waals surface area contributed by atoms with Gasteiger partial charge >= 0.3 is 0 Å². The topological polar surface area (TPSA) is 0 Å². The van der Waals surface area contributed by atoms with E-state index in [1.807, 2.05) is 41.5 Å². The van der Waals surface area contributed by atoms with Crippen molar-refractivity contribution in [3.8, 4) is 0 Å². The minimum absolute atomic E-state index is 0.638. The zero-order chi connectivity index (χ0) is 14.2. The summed E-state index contributed by atoms with van der Waals surface area (Å²) in [6.45, 7) is 12.0. The Morgan fingerprint density at radius 2 is 1.44 bits per heavy atom. The van der Waals surface area contributed by atoms with Gasteiger partial charge in [-0.1, -0.05) is 69.6 Å². The Morgan fingerprint density at radius 1 is 0.889 bits per heavy atom. The monoisotopic (exact) mass is 312 g/mol. The molecular formula is C17H29Br. The molecule has 0 aliphatic heterocycles. The van der Waals surface area contributed by atoms with Gasteiger partial charge in [-0.05, 0) is 48.3 Å². The van der Waals surface area contributed by atoms with E-state index in [4.69, 9.17) is 0 Å². The predicted octanol–water partition coefficient (Wildman–Crippen LogP) is 6.51. The van der Waals surface area contributed by atoms with E-state index in [0.717, 1.165) is 0 Å². The van der Waals surface area contributed by atoms with Gasteiger partial charge in [0.2, 0.25) is 0 Å². The molecule has 0 saturated heterocycles. The molecule has 0 heterocycles. The van der Waals surface area contributed by atoms with Crippen LogP contribution in [-0.2, 0) is 11.8 Å². The zero-order valence-corrected chi connectivity index (χ0v) is 14.5. The van der Waals surface area contributed by atoms with Gasteiger partial charge < -0.3 is 0 Å². The fraction of sp³-hybridized carbons (Fsp3) is 0.647. The fourth-order valence-corrected chi connectivity index (χ4v) is 3.04. The molecule has 0 amide bonds. The summed E-state index contributed by atoms with van der Waals surface area (Å²) in [5.41, 5.74) is 3.85. The van der Waals surface area contributed by atoms with Gasteiger partial charge in [-0.15, -0.1) is 0 Å². The van der Waals surface area contributed by atoms with Crippen molar-refractivity contribution in [2.45, 2.75) is 72.6 Å². The maximum Gasteiger partial charge on any atom is 0.0210 e. The maximum atomic E-state index is 3.63. The van der Waals surface area contributed by atoms with Crippen LogP contribution in [-0.4, -0.2) is 0 Å². The minimum Gasteiger partial charge on any atom is -0.0683 e. The van der Waals surface area contributed by atoms with Gasteiger partial charge in [-0.3, -0.25) is 0 Å². The highest BCUT2D eigenvalue weighted by Crippen LogP contribution is 2.57. The highest BCUT2D eigenvalue weighted by molar-refractivity contribution is 9.10. The van der Waals surface area contributed by atoms with Crippen molar-refractivity contribution >= 4 is 15.9 Å². The summed E-state index contributed by atoms with van der Waals surface area (Å²) in [7, 11) is 0. The van der Waals surface area contributed by atoms with Crippen LogP contribution >= 0.6 is 15.9 Å². The Labute approximate surface area is 122 Å². The largest absolute Gasteiger partial charge is 0.0683 e. The molecule has 0 unspecified atom stereocenters. The number of benzene rings is 1. The Bertz CT molecular complexity index is 337. The molecule has 2 aliphatic rings. The Kier molecular flexibility index (Phi) is 8.60. The number of hydrogen-bond acceptors (Lipinski definition) is 0. The average Bonchev–Trinajstić information content (AvgIpc) is 3.15. The van der Waals surface area contributed by atoms with Gasteiger partial charge in [0, 0.05) is 4.47 Å². The first-order valence-corrected chi connectivity index (χ1v) is 8.39. The lowest BCUT2D eigenvalue weighted by molar-refractivity contribution is 0.681. The van der Waals surface area contributed by atoms with Crippen LogP contribution in [0.5, 0.6) is 0 Å². The van der Waals surface area contributed by atoms with E-state index in [1.54, 1.807) is 11.1 Å². The molecule has 0 atom stereocenters. The Hall–Kier alpha value is -0.300. The molecule has 1 aromatic carbocycles. The van der Waals surface area contributed by atoms with Crippen LogP contribution in [0.2, 0.25) is 0 Å². The fourth-order valence-electron chi connectivity index (χ4n) is 2.48. The second-order valence-electron chi connectivity index (χ2n) is 4.05. The molecule has 3 rings (SSSR count). The van der Waals surface area contributed by atoms with Crippen LogP contribution in [0.1, 0.15) is 71.9 Å². The van der Waals surface area contributed by atoms with Crippen LogP contribution in [0.25, 0.3) is 0 Å². The molecule has 1 heteroatoms. The molecule has 0 bridgehead atoms. The molecule has 0 aromatic heterocycles. The van der Waals surface area contributed by atoms with Crippen LogP contribution in [0.3, 0.4) is 0 Å². The number of rotatable bonds is 0. The predicted molar refractivity (Wildman–Crippen MR) is 87.4 cm³/mol. The summed E-state index contributed by atoms with van der Waals surface area (Å²) in [6.07, 6.45) is 5.54. The molecule has 0 N–H and O–H groups in total. The van der Waals surface area contributed by atoms with E-state index in [2.05, 4.69) is 34.1 Å². The maximum absolute atomic E-state index is 3.63. The first kappa shape index (κ1) is 17.7. The van der Waals surface area contributed by atoms with Crippen molar-refractivity contribution in [2.24, 2.45) is 0 Å². The highest BCUT2D eigenvalue weighted by Gasteiger charge is 2.48. The number of halogens is 1. The normalized spacial score (nSPS) is 16.2. The second-order valence-corrected chi connectivity index (χ2v) is 4.90. The van der Waals surface area contributed by atoms with E-state index in [-0.39, 0.29) is 0 Å². The van der Waals surface area contributed by atoms with Crippen LogP contribution in [0.4, 0.5) is 0 Å². The molecule has 1 fully saturated rings. The second kappa shape index (κ2) is 8.74. The summed E-state index contributed by atoms with van der Waals surface area (Å²) in [6, 6.07) is 6.66. The summed E-state index contributed by atoms with van der Waals surface area (Å²) in [5.74, 6) is 0.